The zero-order chi connectivity index (χ0) is 13.7. The van der Waals surface area contributed by atoms with Crippen LogP contribution in [-0.2, 0) is 11.3 Å². The number of aromatic nitrogens is 3. The van der Waals surface area contributed by atoms with Crippen molar-refractivity contribution in [3.63, 3.8) is 0 Å². The predicted molar refractivity (Wildman–Crippen MR) is 73.4 cm³/mol. The molecule has 0 unspecified atom stereocenters. The number of amides is 1. The number of hydrogen-bond donors (Lipinski definition) is 1. The van der Waals surface area contributed by atoms with Gasteiger partial charge in [0.2, 0.25) is 5.91 Å². The molecule has 1 aromatic heterocycles. The minimum Gasteiger partial charge on any atom is -0.346 e. The van der Waals surface area contributed by atoms with Gasteiger partial charge in [0.25, 0.3) is 0 Å². The van der Waals surface area contributed by atoms with Gasteiger partial charge in [-0.2, -0.15) is 5.10 Å². The second kappa shape index (κ2) is 6.50. The summed E-state index contributed by atoms with van der Waals surface area (Å²) in [6, 6.07) is -0.0939. The number of carbonyl (C=O) groups excluding carboxylic acids is 1. The molecular weight excluding hydrogens is 240 g/mol. The second-order valence-corrected chi connectivity index (χ2v) is 5.06. The summed E-state index contributed by atoms with van der Waals surface area (Å²) in [6.07, 6.45) is 8.62. The van der Waals surface area contributed by atoms with Crippen LogP contribution in [0.3, 0.4) is 0 Å². The van der Waals surface area contributed by atoms with Crippen LogP contribution in [0.15, 0.2) is 18.0 Å². The maximum absolute atomic E-state index is 12.0. The zero-order valence-electron chi connectivity index (χ0n) is 11.7. The Hall–Kier alpha value is -1.65. The van der Waals surface area contributed by atoms with Crippen molar-refractivity contribution in [2.75, 3.05) is 0 Å². The molecule has 1 amide bonds. The van der Waals surface area contributed by atoms with E-state index in [-0.39, 0.29) is 11.9 Å². The molecule has 0 aliphatic heterocycles. The molecule has 1 N–H and O–H groups in total. The summed E-state index contributed by atoms with van der Waals surface area (Å²) in [5.41, 5.74) is 1.26. The number of rotatable bonds is 6. The second-order valence-electron chi connectivity index (χ2n) is 5.06. The molecule has 0 spiro atoms. The van der Waals surface area contributed by atoms with E-state index in [0.29, 0.717) is 6.42 Å². The molecule has 0 aromatic carbocycles. The van der Waals surface area contributed by atoms with E-state index in [1.807, 2.05) is 11.6 Å². The van der Waals surface area contributed by atoms with Crippen molar-refractivity contribution in [1.82, 2.24) is 20.1 Å². The van der Waals surface area contributed by atoms with Gasteiger partial charge in [-0.05, 0) is 32.6 Å². The van der Waals surface area contributed by atoms with Crippen LogP contribution < -0.4 is 5.32 Å². The summed E-state index contributed by atoms with van der Waals surface area (Å²) in [7, 11) is 0. The average molecular weight is 262 g/mol. The molecule has 1 aliphatic carbocycles. The van der Waals surface area contributed by atoms with Crippen LogP contribution in [0.4, 0.5) is 0 Å². The van der Waals surface area contributed by atoms with E-state index in [4.69, 9.17) is 0 Å². The largest absolute Gasteiger partial charge is 0.346 e. The number of nitrogens with zero attached hydrogens (tertiary/aromatic N) is 3. The molecular formula is C14H22N4O. The topological polar surface area (TPSA) is 59.8 Å². The highest BCUT2D eigenvalue weighted by atomic mass is 16.1. The third kappa shape index (κ3) is 3.66. The Kier molecular flexibility index (Phi) is 4.71. The minimum atomic E-state index is -0.0939. The van der Waals surface area contributed by atoms with Crippen molar-refractivity contribution in [2.45, 2.75) is 58.5 Å². The highest BCUT2D eigenvalue weighted by molar-refractivity contribution is 5.78. The van der Waals surface area contributed by atoms with Gasteiger partial charge in [0.15, 0.2) is 0 Å². The predicted octanol–water partition coefficient (Wildman–Crippen LogP) is 2.37. The highest BCUT2D eigenvalue weighted by Gasteiger charge is 2.16. The minimum absolute atomic E-state index is 0.0756. The number of nitrogens with one attached hydrogen (secondary N) is 1. The highest BCUT2D eigenvalue weighted by Crippen LogP contribution is 2.20. The molecule has 1 aliphatic rings. The van der Waals surface area contributed by atoms with Crippen molar-refractivity contribution in [3.05, 3.63) is 23.8 Å². The SMILES string of the molecule is CCCn1ncnc1[C@H](C)NC(=O)CC1=CCCC1. The van der Waals surface area contributed by atoms with Gasteiger partial charge in [-0.25, -0.2) is 9.67 Å². The molecule has 1 heterocycles. The first kappa shape index (κ1) is 13.8. The standard InChI is InChI=1S/C14H22N4O/c1-3-8-18-14(15-10-16-18)11(2)17-13(19)9-12-6-4-5-7-12/h6,10-11H,3-5,7-9H2,1-2H3,(H,17,19)/t11-/m0/s1. The van der Waals surface area contributed by atoms with Crippen LogP contribution in [0.1, 0.15) is 57.8 Å². The summed E-state index contributed by atoms with van der Waals surface area (Å²) < 4.78 is 1.86. The van der Waals surface area contributed by atoms with Crippen molar-refractivity contribution >= 4 is 5.91 Å². The number of carbonyl (C=O) groups is 1. The van der Waals surface area contributed by atoms with E-state index in [1.165, 1.54) is 12.0 Å². The normalized spacial score (nSPS) is 16.2. The Morgan fingerprint density at radius 2 is 2.42 bits per heavy atom. The van der Waals surface area contributed by atoms with Gasteiger partial charge in [0, 0.05) is 13.0 Å². The maximum atomic E-state index is 12.0. The Morgan fingerprint density at radius 3 is 3.11 bits per heavy atom. The van der Waals surface area contributed by atoms with Gasteiger partial charge in [-0.1, -0.05) is 18.6 Å². The van der Waals surface area contributed by atoms with Crippen LogP contribution >= 0.6 is 0 Å². The van der Waals surface area contributed by atoms with E-state index < -0.39 is 0 Å². The molecule has 2 rings (SSSR count). The molecule has 0 saturated heterocycles. The van der Waals surface area contributed by atoms with Gasteiger partial charge in [-0.15, -0.1) is 0 Å². The van der Waals surface area contributed by atoms with E-state index >= 15 is 0 Å². The Bertz CT molecular complexity index is 464. The summed E-state index contributed by atoms with van der Waals surface area (Å²) >= 11 is 0. The van der Waals surface area contributed by atoms with E-state index in [0.717, 1.165) is 31.6 Å². The monoisotopic (exact) mass is 262 g/mol. The van der Waals surface area contributed by atoms with Crippen molar-refractivity contribution in [2.24, 2.45) is 0 Å². The fourth-order valence-electron chi connectivity index (χ4n) is 2.45. The van der Waals surface area contributed by atoms with Gasteiger partial charge in [0.05, 0.1) is 6.04 Å². The lowest BCUT2D eigenvalue weighted by Gasteiger charge is -2.14. The van der Waals surface area contributed by atoms with Crippen LogP contribution in [0, 0.1) is 0 Å². The molecule has 5 nitrogen and oxygen atoms in total. The number of allylic oxidation sites excluding steroid dienone is 1. The lowest BCUT2D eigenvalue weighted by Crippen LogP contribution is -2.29. The van der Waals surface area contributed by atoms with Crippen LogP contribution in [0.5, 0.6) is 0 Å². The fourth-order valence-corrected chi connectivity index (χ4v) is 2.45. The molecule has 1 atom stereocenters. The quantitative estimate of drug-likeness (QED) is 0.801. The van der Waals surface area contributed by atoms with Gasteiger partial charge >= 0.3 is 0 Å². The van der Waals surface area contributed by atoms with E-state index in [9.17, 15) is 4.79 Å². The van der Waals surface area contributed by atoms with E-state index in [1.54, 1.807) is 6.33 Å². The molecule has 0 saturated carbocycles. The first-order chi connectivity index (χ1) is 9.20. The summed E-state index contributed by atoms with van der Waals surface area (Å²) in [5, 5.41) is 7.19. The first-order valence-corrected chi connectivity index (χ1v) is 7.05. The summed E-state index contributed by atoms with van der Waals surface area (Å²) in [4.78, 5) is 16.2. The van der Waals surface area contributed by atoms with Crippen LogP contribution in [-0.4, -0.2) is 20.7 Å². The summed E-state index contributed by atoms with van der Waals surface area (Å²) in [6.45, 7) is 4.89. The fraction of sp³-hybridized carbons (Fsp3) is 0.643. The molecule has 104 valence electrons. The zero-order valence-corrected chi connectivity index (χ0v) is 11.7. The average Bonchev–Trinajstić information content (AvgIpc) is 3.00. The van der Waals surface area contributed by atoms with Crippen LogP contribution in [0.25, 0.3) is 0 Å². The molecule has 5 heteroatoms. The number of aryl methyl sites for hydroxylation is 1. The molecule has 19 heavy (non-hydrogen) atoms. The Labute approximate surface area is 114 Å². The number of hydrogen-bond acceptors (Lipinski definition) is 3. The Balaban J connectivity index is 1.90. The third-order valence-corrected chi connectivity index (χ3v) is 3.37. The first-order valence-electron chi connectivity index (χ1n) is 7.05. The maximum Gasteiger partial charge on any atom is 0.224 e. The van der Waals surface area contributed by atoms with Crippen molar-refractivity contribution in [3.8, 4) is 0 Å². The van der Waals surface area contributed by atoms with Gasteiger partial charge in [0.1, 0.15) is 12.2 Å². The van der Waals surface area contributed by atoms with E-state index in [2.05, 4.69) is 28.4 Å². The van der Waals surface area contributed by atoms with Gasteiger partial charge < -0.3 is 5.32 Å². The Morgan fingerprint density at radius 1 is 1.58 bits per heavy atom. The lowest BCUT2D eigenvalue weighted by atomic mass is 10.1. The molecule has 0 radical (unpaired) electrons. The molecule has 0 fully saturated rings. The third-order valence-electron chi connectivity index (χ3n) is 3.37. The van der Waals surface area contributed by atoms with Crippen molar-refractivity contribution in [1.29, 1.82) is 0 Å². The van der Waals surface area contributed by atoms with Crippen LogP contribution in [0.2, 0.25) is 0 Å². The van der Waals surface area contributed by atoms with Crippen molar-refractivity contribution < 1.29 is 4.79 Å². The summed E-state index contributed by atoms with van der Waals surface area (Å²) in [5.74, 6) is 0.905. The molecule has 1 aromatic rings. The molecule has 0 bridgehead atoms. The smallest absolute Gasteiger partial charge is 0.224 e. The van der Waals surface area contributed by atoms with Gasteiger partial charge in [-0.3, -0.25) is 4.79 Å². The lowest BCUT2D eigenvalue weighted by molar-refractivity contribution is -0.121.